The average molecular weight is 248 g/mol. The van der Waals surface area contributed by atoms with Crippen molar-refractivity contribution < 1.29 is 8.81 Å². The lowest BCUT2D eigenvalue weighted by Crippen LogP contribution is -1.90. The van der Waals surface area contributed by atoms with E-state index in [0.29, 0.717) is 23.5 Å². The molecule has 3 nitrogen and oxygen atoms in total. The number of nitrogens with zero attached hydrogens (tertiary/aromatic N) is 1. The lowest BCUT2D eigenvalue weighted by atomic mass is 10.3. The number of halogens is 1. The molecule has 2 N–H and O–H groups in total. The molecule has 17 heavy (non-hydrogen) atoms. The van der Waals surface area contributed by atoms with E-state index in [4.69, 9.17) is 10.2 Å². The van der Waals surface area contributed by atoms with Crippen LogP contribution in [0, 0.1) is 5.82 Å². The third-order valence-corrected chi connectivity index (χ3v) is 3.52. The molecule has 0 amide bonds. The number of hydrogen-bond acceptors (Lipinski definition) is 4. The van der Waals surface area contributed by atoms with Gasteiger partial charge in [0.05, 0.1) is 4.88 Å². The molecule has 0 unspecified atom stereocenters. The van der Waals surface area contributed by atoms with Crippen molar-refractivity contribution in [3.63, 3.8) is 0 Å². The highest BCUT2D eigenvalue weighted by molar-refractivity contribution is 7.15. The van der Waals surface area contributed by atoms with Gasteiger partial charge in [0.25, 0.3) is 0 Å². The first kappa shape index (κ1) is 10.4. The normalized spacial score (nSPS) is 11.2. The Morgan fingerprint density at radius 3 is 2.94 bits per heavy atom. The van der Waals surface area contributed by atoms with Crippen molar-refractivity contribution >= 4 is 22.4 Å². The van der Waals surface area contributed by atoms with Gasteiger partial charge in [-0.15, -0.1) is 11.3 Å². The monoisotopic (exact) mass is 248 g/mol. The fraction of sp³-hybridized carbons (Fsp3) is 0.0833. The summed E-state index contributed by atoms with van der Waals surface area (Å²) in [7, 11) is 0. The molecule has 86 valence electrons. The molecule has 0 atom stereocenters. The Morgan fingerprint density at radius 2 is 2.18 bits per heavy atom. The smallest absolute Gasteiger partial charge is 0.237 e. The van der Waals surface area contributed by atoms with Gasteiger partial charge in [0.15, 0.2) is 5.58 Å². The van der Waals surface area contributed by atoms with E-state index in [0.717, 1.165) is 9.75 Å². The third-order valence-electron chi connectivity index (χ3n) is 2.42. The lowest BCUT2D eigenvalue weighted by Gasteiger charge is -1.87. The summed E-state index contributed by atoms with van der Waals surface area (Å²) in [6.45, 7) is 0.500. The molecule has 1 aromatic carbocycles. The lowest BCUT2D eigenvalue weighted by molar-refractivity contribution is 0.603. The first-order chi connectivity index (χ1) is 8.26. The summed E-state index contributed by atoms with van der Waals surface area (Å²) in [6.07, 6.45) is 0. The molecular formula is C12H9FN2OS. The van der Waals surface area contributed by atoms with Gasteiger partial charge in [0, 0.05) is 17.5 Å². The molecule has 0 saturated heterocycles. The first-order valence-corrected chi connectivity index (χ1v) is 5.93. The predicted molar refractivity (Wildman–Crippen MR) is 65.2 cm³/mol. The van der Waals surface area contributed by atoms with Crippen LogP contribution in [0.5, 0.6) is 0 Å². The summed E-state index contributed by atoms with van der Waals surface area (Å²) in [5.74, 6) is 0.185. The van der Waals surface area contributed by atoms with Crippen molar-refractivity contribution in [3.8, 4) is 10.8 Å². The van der Waals surface area contributed by atoms with Crippen LogP contribution in [-0.2, 0) is 6.54 Å². The summed E-state index contributed by atoms with van der Waals surface area (Å²) in [5.41, 5.74) is 6.66. The number of hydrogen-bond donors (Lipinski definition) is 1. The van der Waals surface area contributed by atoms with E-state index in [1.54, 1.807) is 6.07 Å². The van der Waals surface area contributed by atoms with Gasteiger partial charge < -0.3 is 10.2 Å². The minimum atomic E-state index is -0.325. The van der Waals surface area contributed by atoms with Crippen LogP contribution in [0.1, 0.15) is 4.88 Å². The van der Waals surface area contributed by atoms with Gasteiger partial charge in [0.1, 0.15) is 11.3 Å². The van der Waals surface area contributed by atoms with E-state index in [1.807, 2.05) is 12.1 Å². The SMILES string of the molecule is NCc1ccc(-c2nc3ccc(F)cc3o2)s1. The van der Waals surface area contributed by atoms with Gasteiger partial charge in [-0.3, -0.25) is 0 Å². The van der Waals surface area contributed by atoms with E-state index in [1.165, 1.54) is 23.5 Å². The average Bonchev–Trinajstić information content (AvgIpc) is 2.93. The van der Waals surface area contributed by atoms with Crippen LogP contribution in [0.25, 0.3) is 21.9 Å². The summed E-state index contributed by atoms with van der Waals surface area (Å²) in [5, 5.41) is 0. The van der Waals surface area contributed by atoms with Gasteiger partial charge >= 0.3 is 0 Å². The highest BCUT2D eigenvalue weighted by atomic mass is 32.1. The minimum Gasteiger partial charge on any atom is -0.435 e. The van der Waals surface area contributed by atoms with Crippen molar-refractivity contribution in [1.82, 2.24) is 4.98 Å². The molecule has 2 aromatic heterocycles. The number of rotatable bonds is 2. The van der Waals surface area contributed by atoms with Crippen LogP contribution >= 0.6 is 11.3 Å². The van der Waals surface area contributed by atoms with Crippen LogP contribution in [0.4, 0.5) is 4.39 Å². The second kappa shape index (κ2) is 3.94. The fourth-order valence-corrected chi connectivity index (χ4v) is 2.42. The molecule has 0 radical (unpaired) electrons. The summed E-state index contributed by atoms with van der Waals surface area (Å²) in [6, 6.07) is 8.16. The first-order valence-electron chi connectivity index (χ1n) is 5.11. The maximum atomic E-state index is 13.0. The van der Waals surface area contributed by atoms with E-state index < -0.39 is 0 Å². The van der Waals surface area contributed by atoms with Crippen LogP contribution in [-0.4, -0.2) is 4.98 Å². The Morgan fingerprint density at radius 1 is 1.29 bits per heavy atom. The molecule has 3 aromatic rings. The Balaban J connectivity index is 2.11. The van der Waals surface area contributed by atoms with Crippen molar-refractivity contribution in [3.05, 3.63) is 41.0 Å². The second-order valence-electron chi connectivity index (χ2n) is 3.60. The molecule has 0 aliphatic rings. The van der Waals surface area contributed by atoms with E-state index >= 15 is 0 Å². The molecule has 0 bridgehead atoms. The molecule has 0 fully saturated rings. The molecule has 0 aliphatic heterocycles. The molecular weight excluding hydrogens is 239 g/mol. The zero-order chi connectivity index (χ0) is 11.8. The van der Waals surface area contributed by atoms with E-state index in [-0.39, 0.29) is 5.82 Å². The molecule has 3 rings (SSSR count). The molecule has 0 aliphatic carbocycles. The molecule has 5 heteroatoms. The summed E-state index contributed by atoms with van der Waals surface area (Å²) in [4.78, 5) is 6.28. The van der Waals surface area contributed by atoms with Crippen molar-refractivity contribution in [2.24, 2.45) is 5.73 Å². The Bertz CT molecular complexity index is 674. The maximum Gasteiger partial charge on any atom is 0.237 e. The van der Waals surface area contributed by atoms with Crippen molar-refractivity contribution in [2.45, 2.75) is 6.54 Å². The number of fused-ring (bicyclic) bond motifs is 1. The van der Waals surface area contributed by atoms with Crippen LogP contribution in [0.15, 0.2) is 34.7 Å². The van der Waals surface area contributed by atoms with Gasteiger partial charge in [-0.05, 0) is 24.3 Å². The van der Waals surface area contributed by atoms with Gasteiger partial charge in [-0.1, -0.05) is 0 Å². The maximum absolute atomic E-state index is 13.0. The van der Waals surface area contributed by atoms with E-state index in [2.05, 4.69) is 4.98 Å². The fourth-order valence-electron chi connectivity index (χ4n) is 1.61. The summed E-state index contributed by atoms with van der Waals surface area (Å²) >= 11 is 1.53. The second-order valence-corrected chi connectivity index (χ2v) is 4.77. The molecule has 0 spiro atoms. The number of aromatic nitrogens is 1. The standard InChI is InChI=1S/C12H9FN2OS/c13-7-1-3-9-10(5-7)16-12(15-9)11-4-2-8(6-14)17-11/h1-5H,6,14H2. The Hall–Kier alpha value is -1.72. The number of nitrogens with two attached hydrogens (primary N) is 1. The predicted octanol–water partition coefficient (Wildman–Crippen LogP) is 3.15. The van der Waals surface area contributed by atoms with Gasteiger partial charge in [-0.25, -0.2) is 9.37 Å². The minimum absolute atomic E-state index is 0.325. The Kier molecular flexibility index (Phi) is 2.42. The van der Waals surface area contributed by atoms with Crippen molar-refractivity contribution in [2.75, 3.05) is 0 Å². The van der Waals surface area contributed by atoms with Crippen LogP contribution < -0.4 is 5.73 Å². The number of benzene rings is 1. The quantitative estimate of drug-likeness (QED) is 0.758. The topological polar surface area (TPSA) is 52.0 Å². The summed E-state index contributed by atoms with van der Waals surface area (Å²) < 4.78 is 18.5. The van der Waals surface area contributed by atoms with Gasteiger partial charge in [0.2, 0.25) is 5.89 Å². The number of oxazole rings is 1. The van der Waals surface area contributed by atoms with E-state index in [9.17, 15) is 4.39 Å². The van der Waals surface area contributed by atoms with Gasteiger partial charge in [-0.2, -0.15) is 0 Å². The highest BCUT2D eigenvalue weighted by Gasteiger charge is 2.10. The zero-order valence-corrected chi connectivity index (χ0v) is 9.63. The van der Waals surface area contributed by atoms with Crippen LogP contribution in [0.3, 0.4) is 0 Å². The van der Waals surface area contributed by atoms with Crippen LogP contribution in [0.2, 0.25) is 0 Å². The third kappa shape index (κ3) is 1.83. The highest BCUT2D eigenvalue weighted by Crippen LogP contribution is 2.30. The van der Waals surface area contributed by atoms with Crippen molar-refractivity contribution in [1.29, 1.82) is 0 Å². The molecule has 0 saturated carbocycles. The Labute approximate surface area is 101 Å². The largest absolute Gasteiger partial charge is 0.435 e. The zero-order valence-electron chi connectivity index (χ0n) is 8.81. The number of thiophene rings is 1. The molecule has 2 heterocycles.